The van der Waals surface area contributed by atoms with Crippen molar-refractivity contribution >= 4 is 17.2 Å². The summed E-state index contributed by atoms with van der Waals surface area (Å²) in [6.45, 7) is 0. The molecule has 72 valence electrons. The quantitative estimate of drug-likeness (QED) is 0.802. The number of rotatable bonds is 2. The minimum Gasteiger partial charge on any atom is -0.480 e. The van der Waals surface area contributed by atoms with Gasteiger partial charge in [-0.2, -0.15) is 0 Å². The SMILES string of the molecule is COc1ccc(-c2nc(N)cs2)nn1. The molecule has 0 atom stereocenters. The van der Waals surface area contributed by atoms with Gasteiger partial charge in [0.15, 0.2) is 0 Å². The molecule has 2 aromatic heterocycles. The molecule has 0 amide bonds. The molecule has 2 rings (SSSR count). The Balaban J connectivity index is 2.33. The van der Waals surface area contributed by atoms with E-state index in [0.29, 0.717) is 17.4 Å². The highest BCUT2D eigenvalue weighted by Gasteiger charge is 2.04. The van der Waals surface area contributed by atoms with Gasteiger partial charge in [-0.25, -0.2) is 4.98 Å². The third-order valence-electron chi connectivity index (χ3n) is 1.59. The average molecular weight is 208 g/mol. The van der Waals surface area contributed by atoms with Crippen molar-refractivity contribution in [1.29, 1.82) is 0 Å². The van der Waals surface area contributed by atoms with Gasteiger partial charge in [-0.1, -0.05) is 0 Å². The Morgan fingerprint density at radius 2 is 2.21 bits per heavy atom. The van der Waals surface area contributed by atoms with Gasteiger partial charge >= 0.3 is 0 Å². The molecule has 0 unspecified atom stereocenters. The highest BCUT2D eigenvalue weighted by molar-refractivity contribution is 7.13. The normalized spacial score (nSPS) is 10.1. The Morgan fingerprint density at radius 3 is 2.71 bits per heavy atom. The van der Waals surface area contributed by atoms with E-state index in [1.54, 1.807) is 24.6 Å². The smallest absolute Gasteiger partial charge is 0.233 e. The number of aromatic nitrogens is 3. The van der Waals surface area contributed by atoms with Gasteiger partial charge in [0, 0.05) is 11.4 Å². The fraction of sp³-hybridized carbons (Fsp3) is 0.125. The van der Waals surface area contributed by atoms with Crippen molar-refractivity contribution in [1.82, 2.24) is 15.2 Å². The molecule has 14 heavy (non-hydrogen) atoms. The van der Waals surface area contributed by atoms with Crippen molar-refractivity contribution in [3.05, 3.63) is 17.5 Å². The summed E-state index contributed by atoms with van der Waals surface area (Å²) in [5.41, 5.74) is 6.20. The third kappa shape index (κ3) is 1.64. The van der Waals surface area contributed by atoms with Crippen LogP contribution in [0.5, 0.6) is 5.88 Å². The molecule has 2 aromatic rings. The molecule has 0 fully saturated rings. The largest absolute Gasteiger partial charge is 0.480 e. The second-order valence-corrected chi connectivity index (χ2v) is 3.40. The van der Waals surface area contributed by atoms with Crippen LogP contribution in [0.25, 0.3) is 10.7 Å². The Bertz CT molecular complexity index is 425. The van der Waals surface area contributed by atoms with Crippen LogP contribution >= 0.6 is 11.3 Å². The summed E-state index contributed by atoms with van der Waals surface area (Å²) in [7, 11) is 1.55. The van der Waals surface area contributed by atoms with Crippen molar-refractivity contribution in [3.63, 3.8) is 0 Å². The van der Waals surface area contributed by atoms with E-state index >= 15 is 0 Å². The molecule has 0 saturated carbocycles. The predicted molar refractivity (Wildman–Crippen MR) is 54.1 cm³/mol. The van der Waals surface area contributed by atoms with Crippen LogP contribution in [0.1, 0.15) is 0 Å². The standard InChI is InChI=1S/C8H8N4OS/c1-13-7-3-2-5(11-12-7)8-10-6(9)4-14-8/h2-4H,9H2,1H3. The van der Waals surface area contributed by atoms with Crippen molar-refractivity contribution in [3.8, 4) is 16.6 Å². The van der Waals surface area contributed by atoms with E-state index in [0.717, 1.165) is 5.01 Å². The number of nitrogen functional groups attached to an aromatic ring is 1. The summed E-state index contributed by atoms with van der Waals surface area (Å²) >= 11 is 1.44. The molecule has 0 aliphatic rings. The number of thiazole rings is 1. The van der Waals surface area contributed by atoms with Crippen molar-refractivity contribution < 1.29 is 4.74 Å². The number of methoxy groups -OCH3 is 1. The van der Waals surface area contributed by atoms with Crippen LogP contribution in [0.3, 0.4) is 0 Å². The molecule has 5 nitrogen and oxygen atoms in total. The molecule has 0 saturated heterocycles. The van der Waals surface area contributed by atoms with Crippen LogP contribution in [-0.4, -0.2) is 22.3 Å². The van der Waals surface area contributed by atoms with Crippen molar-refractivity contribution in [2.24, 2.45) is 0 Å². The number of ether oxygens (including phenoxy) is 1. The van der Waals surface area contributed by atoms with Gasteiger partial charge in [-0.05, 0) is 6.07 Å². The van der Waals surface area contributed by atoms with Gasteiger partial charge in [-0.15, -0.1) is 21.5 Å². The van der Waals surface area contributed by atoms with Gasteiger partial charge in [0.25, 0.3) is 0 Å². The maximum Gasteiger partial charge on any atom is 0.233 e. The van der Waals surface area contributed by atoms with E-state index in [1.165, 1.54) is 11.3 Å². The van der Waals surface area contributed by atoms with E-state index in [2.05, 4.69) is 15.2 Å². The molecule has 0 aromatic carbocycles. The Labute approximate surface area is 84.6 Å². The van der Waals surface area contributed by atoms with E-state index in [-0.39, 0.29) is 0 Å². The minimum absolute atomic E-state index is 0.485. The number of anilines is 1. The number of nitrogens with zero attached hydrogens (tertiary/aromatic N) is 3. The molecule has 0 spiro atoms. The first-order chi connectivity index (χ1) is 6.79. The maximum absolute atomic E-state index is 5.50. The van der Waals surface area contributed by atoms with Gasteiger partial charge in [0.2, 0.25) is 5.88 Å². The Morgan fingerprint density at radius 1 is 1.36 bits per heavy atom. The van der Waals surface area contributed by atoms with Gasteiger partial charge in [0.1, 0.15) is 16.5 Å². The topological polar surface area (TPSA) is 73.9 Å². The van der Waals surface area contributed by atoms with Crippen molar-refractivity contribution in [2.45, 2.75) is 0 Å². The average Bonchev–Trinajstić information content (AvgIpc) is 2.65. The molecule has 0 aliphatic carbocycles. The number of hydrogen-bond donors (Lipinski definition) is 1. The van der Waals surface area contributed by atoms with Gasteiger partial charge < -0.3 is 10.5 Å². The van der Waals surface area contributed by atoms with Crippen LogP contribution in [-0.2, 0) is 0 Å². The molecular weight excluding hydrogens is 200 g/mol. The van der Waals surface area contributed by atoms with E-state index < -0.39 is 0 Å². The molecule has 2 heterocycles. The van der Waals surface area contributed by atoms with Crippen molar-refractivity contribution in [2.75, 3.05) is 12.8 Å². The minimum atomic E-state index is 0.485. The van der Waals surface area contributed by atoms with Crippen LogP contribution in [0.2, 0.25) is 0 Å². The zero-order valence-corrected chi connectivity index (χ0v) is 8.28. The predicted octanol–water partition coefficient (Wildman–Crippen LogP) is 1.19. The molecule has 2 N–H and O–H groups in total. The first-order valence-electron chi connectivity index (χ1n) is 3.88. The lowest BCUT2D eigenvalue weighted by Gasteiger charge is -1.97. The monoisotopic (exact) mass is 208 g/mol. The second-order valence-electron chi connectivity index (χ2n) is 2.54. The highest BCUT2D eigenvalue weighted by atomic mass is 32.1. The zero-order chi connectivity index (χ0) is 9.97. The van der Waals surface area contributed by atoms with E-state index in [1.807, 2.05) is 0 Å². The summed E-state index contributed by atoms with van der Waals surface area (Å²) in [4.78, 5) is 4.09. The van der Waals surface area contributed by atoms with Crippen LogP contribution in [0, 0.1) is 0 Å². The molecule has 0 bridgehead atoms. The summed E-state index contributed by atoms with van der Waals surface area (Å²) < 4.78 is 4.89. The first kappa shape index (κ1) is 8.89. The lowest BCUT2D eigenvalue weighted by Crippen LogP contribution is -1.92. The summed E-state index contributed by atoms with van der Waals surface area (Å²) in [5.74, 6) is 0.987. The lowest BCUT2D eigenvalue weighted by atomic mass is 10.4. The van der Waals surface area contributed by atoms with Gasteiger partial charge in [0.05, 0.1) is 7.11 Å². The summed E-state index contributed by atoms with van der Waals surface area (Å²) in [6.07, 6.45) is 0. The molecule has 0 aliphatic heterocycles. The Hall–Kier alpha value is -1.69. The summed E-state index contributed by atoms with van der Waals surface area (Å²) in [6, 6.07) is 3.53. The van der Waals surface area contributed by atoms with Crippen LogP contribution in [0.15, 0.2) is 17.5 Å². The molecule has 0 radical (unpaired) electrons. The third-order valence-corrected chi connectivity index (χ3v) is 2.47. The molecular formula is C8H8N4OS. The van der Waals surface area contributed by atoms with Crippen LogP contribution < -0.4 is 10.5 Å². The Kier molecular flexibility index (Phi) is 2.28. The maximum atomic E-state index is 5.50. The highest BCUT2D eigenvalue weighted by Crippen LogP contribution is 2.22. The fourth-order valence-electron chi connectivity index (χ4n) is 0.947. The number of nitrogens with two attached hydrogens (primary N) is 1. The first-order valence-corrected chi connectivity index (χ1v) is 4.76. The summed E-state index contributed by atoms with van der Waals surface area (Å²) in [5, 5.41) is 10.3. The molecule has 6 heteroatoms. The van der Waals surface area contributed by atoms with E-state index in [4.69, 9.17) is 10.5 Å². The zero-order valence-electron chi connectivity index (χ0n) is 7.47. The van der Waals surface area contributed by atoms with Crippen LogP contribution in [0.4, 0.5) is 5.82 Å². The van der Waals surface area contributed by atoms with E-state index in [9.17, 15) is 0 Å². The number of hydrogen-bond acceptors (Lipinski definition) is 6. The second kappa shape index (κ2) is 3.59. The van der Waals surface area contributed by atoms with Gasteiger partial charge in [-0.3, -0.25) is 0 Å². The lowest BCUT2D eigenvalue weighted by molar-refractivity contribution is 0.392. The fourth-order valence-corrected chi connectivity index (χ4v) is 1.62.